The number of ether oxygens (including phenoxy) is 3. The summed E-state index contributed by atoms with van der Waals surface area (Å²) in [6.07, 6.45) is 3.37. The normalized spacial score (nSPS) is 11.7. The molecule has 0 fully saturated rings. The molecule has 6 heteroatoms. The Morgan fingerprint density at radius 1 is 1.07 bits per heavy atom. The second-order valence-electron chi connectivity index (χ2n) is 5.95. The maximum atomic E-state index is 12.3. The molecule has 0 aliphatic heterocycles. The zero-order valence-corrected chi connectivity index (χ0v) is 16.3. The lowest BCUT2D eigenvalue weighted by molar-refractivity contribution is -0.144. The minimum absolute atomic E-state index is 0.351. The predicted octanol–water partition coefficient (Wildman–Crippen LogP) is 3.01. The third-order valence-electron chi connectivity index (χ3n) is 4.00. The quantitative estimate of drug-likeness (QED) is 0.532. The van der Waals surface area contributed by atoms with Gasteiger partial charge in [-0.3, -0.25) is 4.79 Å². The highest BCUT2D eigenvalue weighted by Gasteiger charge is 2.21. The van der Waals surface area contributed by atoms with Gasteiger partial charge in [0.2, 0.25) is 5.91 Å². The van der Waals surface area contributed by atoms with Crippen LogP contribution in [0.5, 0.6) is 11.5 Å². The van der Waals surface area contributed by atoms with Gasteiger partial charge in [-0.15, -0.1) is 0 Å². The van der Waals surface area contributed by atoms with Crippen molar-refractivity contribution < 1.29 is 23.8 Å². The highest BCUT2D eigenvalue weighted by Crippen LogP contribution is 2.28. The molecule has 0 aliphatic carbocycles. The molecule has 0 saturated heterocycles. The van der Waals surface area contributed by atoms with E-state index >= 15 is 0 Å². The van der Waals surface area contributed by atoms with E-state index in [1.165, 1.54) is 13.2 Å². The number of nitrogens with one attached hydrogen (secondary N) is 1. The molecule has 28 heavy (non-hydrogen) atoms. The van der Waals surface area contributed by atoms with E-state index in [9.17, 15) is 9.59 Å². The number of amides is 1. The Labute approximate surface area is 165 Å². The van der Waals surface area contributed by atoms with Gasteiger partial charge in [0.1, 0.15) is 6.04 Å². The highest BCUT2D eigenvalue weighted by atomic mass is 16.5. The molecule has 0 spiro atoms. The van der Waals surface area contributed by atoms with Crippen molar-refractivity contribution in [1.29, 1.82) is 0 Å². The molecular weight excluding hydrogens is 358 g/mol. The van der Waals surface area contributed by atoms with Crippen LogP contribution in [-0.4, -0.2) is 38.7 Å². The second kappa shape index (κ2) is 10.8. The Hall–Kier alpha value is -3.28. The Morgan fingerprint density at radius 2 is 1.82 bits per heavy atom. The largest absolute Gasteiger partial charge is 0.493 e. The number of carbonyl (C=O) groups excluding carboxylic acids is 2. The molecular formula is C22H25NO5. The summed E-state index contributed by atoms with van der Waals surface area (Å²) in [5, 5.41) is 2.69. The van der Waals surface area contributed by atoms with Gasteiger partial charge in [-0.25, -0.2) is 4.79 Å². The first-order chi connectivity index (χ1) is 13.6. The zero-order valence-electron chi connectivity index (χ0n) is 16.3. The Morgan fingerprint density at radius 3 is 2.46 bits per heavy atom. The first-order valence-corrected chi connectivity index (χ1v) is 8.98. The smallest absolute Gasteiger partial charge is 0.328 e. The summed E-state index contributed by atoms with van der Waals surface area (Å²) in [5.41, 5.74) is 1.70. The van der Waals surface area contributed by atoms with Crippen LogP contribution in [0, 0.1) is 0 Å². The number of esters is 1. The minimum Gasteiger partial charge on any atom is -0.493 e. The first-order valence-electron chi connectivity index (χ1n) is 8.98. The fourth-order valence-corrected chi connectivity index (χ4v) is 2.64. The fraction of sp³-hybridized carbons (Fsp3) is 0.273. The Bertz CT molecular complexity index is 817. The third-order valence-corrected chi connectivity index (χ3v) is 4.00. The maximum Gasteiger partial charge on any atom is 0.328 e. The summed E-state index contributed by atoms with van der Waals surface area (Å²) in [4.78, 5) is 24.3. The number of carbonyl (C=O) groups is 2. The van der Waals surface area contributed by atoms with Gasteiger partial charge in [0.25, 0.3) is 0 Å². The molecule has 0 bridgehead atoms. The predicted molar refractivity (Wildman–Crippen MR) is 107 cm³/mol. The van der Waals surface area contributed by atoms with Gasteiger partial charge >= 0.3 is 5.97 Å². The number of benzene rings is 2. The number of hydrogen-bond donors (Lipinski definition) is 1. The third kappa shape index (κ3) is 6.16. The van der Waals surface area contributed by atoms with Crippen LogP contribution in [0.1, 0.15) is 18.1 Å². The van der Waals surface area contributed by atoms with Crippen LogP contribution >= 0.6 is 0 Å². The number of rotatable bonds is 9. The van der Waals surface area contributed by atoms with E-state index in [1.54, 1.807) is 25.3 Å². The summed E-state index contributed by atoms with van der Waals surface area (Å²) in [7, 11) is 2.86. The number of methoxy groups -OCH3 is 2. The molecule has 0 aromatic heterocycles. The van der Waals surface area contributed by atoms with E-state index in [-0.39, 0.29) is 5.91 Å². The summed E-state index contributed by atoms with van der Waals surface area (Å²) >= 11 is 0. The molecule has 2 aromatic rings. The SMILES string of the molecule is CCOc1ccc(/C=C/C(=O)NC(Cc2ccccc2)C(=O)OC)cc1OC. The maximum absolute atomic E-state index is 12.3. The average molecular weight is 383 g/mol. The lowest BCUT2D eigenvalue weighted by Gasteiger charge is -2.15. The van der Waals surface area contributed by atoms with E-state index in [4.69, 9.17) is 14.2 Å². The summed E-state index contributed by atoms with van der Waals surface area (Å²) < 4.78 is 15.6. The molecule has 148 valence electrons. The Kier molecular flexibility index (Phi) is 8.09. The zero-order chi connectivity index (χ0) is 20.4. The molecule has 1 amide bonds. The van der Waals surface area contributed by atoms with Crippen molar-refractivity contribution in [3.05, 3.63) is 65.7 Å². The van der Waals surface area contributed by atoms with Crippen molar-refractivity contribution in [1.82, 2.24) is 5.32 Å². The molecule has 1 unspecified atom stereocenters. The van der Waals surface area contributed by atoms with E-state index in [0.29, 0.717) is 24.5 Å². The van der Waals surface area contributed by atoms with Crippen molar-refractivity contribution in [2.75, 3.05) is 20.8 Å². The molecule has 2 rings (SSSR count). The van der Waals surface area contributed by atoms with Crippen molar-refractivity contribution >= 4 is 18.0 Å². The first kappa shape index (κ1) is 21.0. The van der Waals surface area contributed by atoms with Crippen LogP contribution in [0.2, 0.25) is 0 Å². The van der Waals surface area contributed by atoms with Crippen LogP contribution in [0.25, 0.3) is 6.08 Å². The monoisotopic (exact) mass is 383 g/mol. The molecule has 0 radical (unpaired) electrons. The molecule has 1 N–H and O–H groups in total. The van der Waals surface area contributed by atoms with Crippen LogP contribution in [0.4, 0.5) is 0 Å². The van der Waals surface area contributed by atoms with Crippen LogP contribution < -0.4 is 14.8 Å². The van der Waals surface area contributed by atoms with E-state index in [2.05, 4.69) is 5.32 Å². The summed E-state index contributed by atoms with van der Waals surface area (Å²) in [6.45, 7) is 2.43. The van der Waals surface area contributed by atoms with Crippen molar-refractivity contribution in [2.45, 2.75) is 19.4 Å². The van der Waals surface area contributed by atoms with Crippen molar-refractivity contribution in [2.24, 2.45) is 0 Å². The second-order valence-corrected chi connectivity index (χ2v) is 5.95. The summed E-state index contributed by atoms with van der Waals surface area (Å²) in [6, 6.07) is 14.0. The van der Waals surface area contributed by atoms with Gasteiger partial charge in [-0.1, -0.05) is 36.4 Å². The standard InChI is InChI=1S/C22H25NO5/c1-4-28-19-12-10-17(15-20(19)26-2)11-13-21(24)23-18(22(25)27-3)14-16-8-6-5-7-9-16/h5-13,15,18H,4,14H2,1-3H3,(H,23,24)/b13-11+. The van der Waals surface area contributed by atoms with Crippen LogP contribution in [0.15, 0.2) is 54.6 Å². The lowest BCUT2D eigenvalue weighted by Crippen LogP contribution is -2.42. The van der Waals surface area contributed by atoms with E-state index < -0.39 is 12.0 Å². The van der Waals surface area contributed by atoms with Gasteiger partial charge in [0.05, 0.1) is 20.8 Å². The van der Waals surface area contributed by atoms with Gasteiger partial charge in [0, 0.05) is 12.5 Å². The Balaban J connectivity index is 2.06. The summed E-state index contributed by atoms with van der Waals surface area (Å²) in [5.74, 6) is 0.341. The van der Waals surface area contributed by atoms with E-state index in [0.717, 1.165) is 11.1 Å². The van der Waals surface area contributed by atoms with Crippen molar-refractivity contribution in [3.63, 3.8) is 0 Å². The number of hydrogen-bond acceptors (Lipinski definition) is 5. The van der Waals surface area contributed by atoms with Gasteiger partial charge in [-0.05, 0) is 36.3 Å². The lowest BCUT2D eigenvalue weighted by atomic mass is 10.1. The molecule has 2 aromatic carbocycles. The molecule has 6 nitrogen and oxygen atoms in total. The van der Waals surface area contributed by atoms with Crippen LogP contribution in [-0.2, 0) is 20.7 Å². The molecule has 0 heterocycles. The molecule has 0 saturated carbocycles. The van der Waals surface area contributed by atoms with Gasteiger partial charge < -0.3 is 19.5 Å². The average Bonchev–Trinajstić information content (AvgIpc) is 2.72. The van der Waals surface area contributed by atoms with Crippen LogP contribution in [0.3, 0.4) is 0 Å². The topological polar surface area (TPSA) is 73.9 Å². The molecule has 1 atom stereocenters. The van der Waals surface area contributed by atoms with Gasteiger partial charge in [-0.2, -0.15) is 0 Å². The van der Waals surface area contributed by atoms with Gasteiger partial charge in [0.15, 0.2) is 11.5 Å². The highest BCUT2D eigenvalue weighted by molar-refractivity contribution is 5.94. The minimum atomic E-state index is -0.764. The fourth-order valence-electron chi connectivity index (χ4n) is 2.64. The van der Waals surface area contributed by atoms with E-state index in [1.807, 2.05) is 43.3 Å². The van der Waals surface area contributed by atoms with Crippen molar-refractivity contribution in [3.8, 4) is 11.5 Å². The molecule has 0 aliphatic rings.